The van der Waals surface area contributed by atoms with Gasteiger partial charge in [-0.25, -0.2) is 0 Å². The zero-order valence-electron chi connectivity index (χ0n) is 7.96. The quantitative estimate of drug-likeness (QED) is 0.442. The van der Waals surface area contributed by atoms with Gasteiger partial charge in [-0.05, 0) is 31.2 Å². The summed E-state index contributed by atoms with van der Waals surface area (Å²) in [5, 5.41) is 11.0. The highest BCUT2D eigenvalue weighted by atomic mass is 16.4. The van der Waals surface area contributed by atoms with Crippen LogP contribution in [-0.2, 0) is 0 Å². The summed E-state index contributed by atoms with van der Waals surface area (Å²) in [6.07, 6.45) is 4.69. The smallest absolute Gasteiger partial charge is 0.0662 e. The van der Waals surface area contributed by atoms with Crippen molar-refractivity contribution in [2.75, 3.05) is 0 Å². The molecule has 0 aliphatic carbocycles. The second-order valence-electron chi connectivity index (χ2n) is 2.71. The van der Waals surface area contributed by atoms with E-state index in [1.807, 2.05) is 37.3 Å². The van der Waals surface area contributed by atoms with Crippen LogP contribution in [0.2, 0.25) is 0 Å². The molecule has 1 rings (SSSR count). The second kappa shape index (κ2) is 5.70. The average Bonchev–Trinajstić information content (AvgIpc) is 2.20. The summed E-state index contributed by atoms with van der Waals surface area (Å²) in [4.78, 5) is 4.32. The van der Waals surface area contributed by atoms with Crippen LogP contribution in [0, 0.1) is 0 Å². The molecule has 0 bridgehead atoms. The highest BCUT2D eigenvalue weighted by molar-refractivity contribution is 5.97. The van der Waals surface area contributed by atoms with Gasteiger partial charge in [-0.1, -0.05) is 23.4 Å². The van der Waals surface area contributed by atoms with E-state index in [-0.39, 0.29) is 0 Å². The van der Waals surface area contributed by atoms with E-state index in [2.05, 4.69) is 10.1 Å². The Kier molecular flexibility index (Phi) is 4.14. The fraction of sp³-hybridized carbons (Fsp3) is 0.0909. The van der Waals surface area contributed by atoms with E-state index < -0.39 is 0 Å². The largest absolute Gasteiger partial charge is 0.411 e. The van der Waals surface area contributed by atoms with Gasteiger partial charge in [0.25, 0.3) is 0 Å². The molecule has 14 heavy (non-hydrogen) atoms. The summed E-state index contributed by atoms with van der Waals surface area (Å²) < 4.78 is 0. The minimum Gasteiger partial charge on any atom is -0.411 e. The number of hydrogen-bond acceptors (Lipinski definition) is 3. The molecule has 72 valence electrons. The van der Waals surface area contributed by atoms with Gasteiger partial charge in [0.15, 0.2) is 0 Å². The Labute approximate surface area is 83.1 Å². The topological polar surface area (TPSA) is 45.0 Å². The molecule has 0 unspecified atom stereocenters. The summed E-state index contributed by atoms with van der Waals surface area (Å²) in [6, 6.07) is 9.67. The SMILES string of the molecule is CC(/C=C\C=N/O)=Nc1ccccc1. The highest BCUT2D eigenvalue weighted by Gasteiger charge is 1.86. The van der Waals surface area contributed by atoms with Crippen LogP contribution in [-0.4, -0.2) is 17.1 Å². The number of allylic oxidation sites excluding steroid dienone is 2. The van der Waals surface area contributed by atoms with Crippen molar-refractivity contribution in [3.63, 3.8) is 0 Å². The number of oxime groups is 1. The summed E-state index contributed by atoms with van der Waals surface area (Å²) in [6.45, 7) is 1.88. The van der Waals surface area contributed by atoms with E-state index in [1.165, 1.54) is 6.21 Å². The predicted molar refractivity (Wildman–Crippen MR) is 58.6 cm³/mol. The number of hydrogen-bond donors (Lipinski definition) is 1. The highest BCUT2D eigenvalue weighted by Crippen LogP contribution is 2.09. The normalized spacial score (nSPS) is 12.8. The van der Waals surface area contributed by atoms with Crippen LogP contribution in [0.5, 0.6) is 0 Å². The molecule has 0 saturated heterocycles. The van der Waals surface area contributed by atoms with Gasteiger partial charge in [0, 0.05) is 5.71 Å². The molecule has 0 fully saturated rings. The molecule has 0 aliphatic rings. The van der Waals surface area contributed by atoms with Gasteiger partial charge in [0.2, 0.25) is 0 Å². The number of rotatable bonds is 3. The third-order valence-electron chi connectivity index (χ3n) is 1.55. The summed E-state index contributed by atoms with van der Waals surface area (Å²) in [5.41, 5.74) is 1.77. The first-order valence-corrected chi connectivity index (χ1v) is 4.27. The maximum Gasteiger partial charge on any atom is 0.0662 e. The lowest BCUT2D eigenvalue weighted by Gasteiger charge is -1.93. The molecular formula is C11H12N2O. The van der Waals surface area contributed by atoms with Gasteiger partial charge in [0.1, 0.15) is 0 Å². The monoisotopic (exact) mass is 188 g/mol. The van der Waals surface area contributed by atoms with Gasteiger partial charge in [0.05, 0.1) is 11.9 Å². The zero-order valence-corrected chi connectivity index (χ0v) is 7.96. The molecule has 0 atom stereocenters. The summed E-state index contributed by atoms with van der Waals surface area (Å²) in [7, 11) is 0. The first-order chi connectivity index (χ1) is 6.83. The number of aliphatic imine (C=N–C) groups is 1. The fourth-order valence-electron chi connectivity index (χ4n) is 0.964. The van der Waals surface area contributed by atoms with E-state index in [9.17, 15) is 0 Å². The minimum absolute atomic E-state index is 0.858. The molecule has 1 aromatic rings. The molecule has 3 heteroatoms. The van der Waals surface area contributed by atoms with Gasteiger partial charge >= 0.3 is 0 Å². The molecule has 0 amide bonds. The van der Waals surface area contributed by atoms with Crippen molar-refractivity contribution < 1.29 is 5.21 Å². The van der Waals surface area contributed by atoms with Gasteiger partial charge < -0.3 is 5.21 Å². The maximum absolute atomic E-state index is 8.15. The lowest BCUT2D eigenvalue weighted by Crippen LogP contribution is -1.82. The molecule has 1 aromatic carbocycles. The summed E-state index contributed by atoms with van der Waals surface area (Å²) >= 11 is 0. The van der Waals surface area contributed by atoms with Crippen LogP contribution >= 0.6 is 0 Å². The lowest BCUT2D eigenvalue weighted by molar-refractivity contribution is 0.322. The molecule has 1 N–H and O–H groups in total. The van der Waals surface area contributed by atoms with Crippen molar-refractivity contribution in [1.29, 1.82) is 0 Å². The van der Waals surface area contributed by atoms with Gasteiger partial charge in [-0.2, -0.15) is 0 Å². The van der Waals surface area contributed by atoms with E-state index in [1.54, 1.807) is 12.2 Å². The molecule has 0 radical (unpaired) electrons. The average molecular weight is 188 g/mol. The second-order valence-corrected chi connectivity index (χ2v) is 2.71. The van der Waals surface area contributed by atoms with Crippen molar-refractivity contribution >= 4 is 17.6 Å². The van der Waals surface area contributed by atoms with Crippen molar-refractivity contribution in [1.82, 2.24) is 0 Å². The summed E-state index contributed by atoms with van der Waals surface area (Å²) in [5.74, 6) is 0. The molecule has 0 aromatic heterocycles. The fourth-order valence-corrected chi connectivity index (χ4v) is 0.964. The van der Waals surface area contributed by atoms with Crippen LogP contribution < -0.4 is 0 Å². The van der Waals surface area contributed by atoms with Crippen LogP contribution in [0.15, 0.2) is 52.6 Å². The maximum atomic E-state index is 8.15. The van der Waals surface area contributed by atoms with E-state index in [0.717, 1.165) is 11.4 Å². The Morgan fingerprint density at radius 3 is 2.64 bits per heavy atom. The minimum atomic E-state index is 0.858. The van der Waals surface area contributed by atoms with E-state index >= 15 is 0 Å². The Balaban J connectivity index is 2.69. The Hall–Kier alpha value is -1.90. The lowest BCUT2D eigenvalue weighted by atomic mass is 10.3. The standard InChI is InChI=1S/C11H12N2O/c1-10(6-5-9-12-14)13-11-7-3-2-4-8-11/h2-9,14H,1H3/b6-5-,12-9-,13-10?. The number of para-hydroxylation sites is 1. The van der Waals surface area contributed by atoms with Gasteiger partial charge in [-0.15, -0.1) is 0 Å². The Morgan fingerprint density at radius 1 is 1.29 bits per heavy atom. The molecule has 0 saturated carbocycles. The third-order valence-corrected chi connectivity index (χ3v) is 1.55. The van der Waals surface area contributed by atoms with Crippen LogP contribution in [0.4, 0.5) is 5.69 Å². The first kappa shape index (κ1) is 10.2. The predicted octanol–water partition coefficient (Wildman–Crippen LogP) is 2.80. The van der Waals surface area contributed by atoms with Crippen LogP contribution in [0.25, 0.3) is 0 Å². The van der Waals surface area contributed by atoms with Gasteiger partial charge in [-0.3, -0.25) is 4.99 Å². The van der Waals surface area contributed by atoms with E-state index in [4.69, 9.17) is 5.21 Å². The molecule has 3 nitrogen and oxygen atoms in total. The van der Waals surface area contributed by atoms with Crippen molar-refractivity contribution in [2.45, 2.75) is 6.92 Å². The zero-order chi connectivity index (χ0) is 10.2. The van der Waals surface area contributed by atoms with Crippen molar-refractivity contribution in [3.05, 3.63) is 42.5 Å². The number of benzene rings is 1. The van der Waals surface area contributed by atoms with Crippen molar-refractivity contribution in [2.24, 2.45) is 10.1 Å². The Bertz CT molecular complexity index is 353. The third kappa shape index (κ3) is 3.67. The first-order valence-electron chi connectivity index (χ1n) is 4.27. The molecule has 0 heterocycles. The van der Waals surface area contributed by atoms with Crippen molar-refractivity contribution in [3.8, 4) is 0 Å². The van der Waals surface area contributed by atoms with Crippen LogP contribution in [0.3, 0.4) is 0 Å². The van der Waals surface area contributed by atoms with Crippen LogP contribution in [0.1, 0.15) is 6.92 Å². The molecular weight excluding hydrogens is 176 g/mol. The molecule has 0 aliphatic heterocycles. The van der Waals surface area contributed by atoms with E-state index in [0.29, 0.717) is 0 Å². The Morgan fingerprint density at radius 2 is 2.00 bits per heavy atom. The number of nitrogens with zero attached hydrogens (tertiary/aromatic N) is 2. The molecule has 0 spiro atoms.